The Bertz CT molecular complexity index is 738. The van der Waals surface area contributed by atoms with Crippen molar-refractivity contribution in [3.8, 4) is 0 Å². The molecule has 0 amide bonds. The van der Waals surface area contributed by atoms with Crippen molar-refractivity contribution in [2.24, 2.45) is 4.99 Å². The molecule has 1 saturated heterocycles. The smallest absolute Gasteiger partial charge is 0.191 e. The molecule has 1 aliphatic rings. The Hall–Kier alpha value is -1.19. The molecule has 0 unspecified atom stereocenters. The summed E-state index contributed by atoms with van der Waals surface area (Å²) in [6.07, 6.45) is 6.15. The summed E-state index contributed by atoms with van der Waals surface area (Å²) in [5.74, 6) is 0.854. The number of benzene rings is 1. The first-order valence-corrected chi connectivity index (χ1v) is 11.3. The second-order valence-corrected chi connectivity index (χ2v) is 8.43. The summed E-state index contributed by atoms with van der Waals surface area (Å²) in [5, 5.41) is 10.1. The van der Waals surface area contributed by atoms with Gasteiger partial charge in [0.05, 0.1) is 5.01 Å². The van der Waals surface area contributed by atoms with Gasteiger partial charge in [0.2, 0.25) is 0 Å². The summed E-state index contributed by atoms with van der Waals surface area (Å²) in [7, 11) is 1.82. The molecule has 0 aliphatic carbocycles. The molecule has 1 aromatic heterocycles. The van der Waals surface area contributed by atoms with Crippen LogP contribution in [0.3, 0.4) is 0 Å². The lowest BCUT2D eigenvalue weighted by atomic mass is 10.1. The number of piperidine rings is 1. The summed E-state index contributed by atoms with van der Waals surface area (Å²) >= 11 is 1.75. The number of aliphatic imine (C=N–C) groups is 1. The Kier molecular flexibility index (Phi) is 10.9. The number of aromatic nitrogens is 1. The van der Waals surface area contributed by atoms with Gasteiger partial charge in [0.25, 0.3) is 0 Å². The fraction of sp³-hybridized carbons (Fsp3) is 0.545. The highest BCUT2D eigenvalue weighted by atomic mass is 127. The molecule has 0 bridgehead atoms. The summed E-state index contributed by atoms with van der Waals surface area (Å²) in [5.41, 5.74) is 3.81. The molecule has 1 aromatic carbocycles. The highest BCUT2D eigenvalue weighted by Crippen LogP contribution is 2.14. The van der Waals surface area contributed by atoms with E-state index >= 15 is 0 Å². The number of guanidine groups is 1. The van der Waals surface area contributed by atoms with E-state index in [-0.39, 0.29) is 24.0 Å². The van der Waals surface area contributed by atoms with E-state index in [1.54, 1.807) is 11.3 Å². The molecule has 0 spiro atoms. The van der Waals surface area contributed by atoms with Crippen molar-refractivity contribution in [2.75, 3.05) is 26.7 Å². The molecule has 2 N–H and O–H groups in total. The quantitative estimate of drug-likeness (QED) is 0.232. The fourth-order valence-corrected chi connectivity index (χ4v) is 4.33. The topological polar surface area (TPSA) is 52.6 Å². The number of aryl methyl sites for hydroxylation is 2. The number of halogens is 1. The van der Waals surface area contributed by atoms with E-state index in [9.17, 15) is 0 Å². The maximum Gasteiger partial charge on any atom is 0.191 e. The standard InChI is InChI=1S/C22H33N5S.HI/c1-18-17-28-21(26-18)7-6-12-24-22(23-2)25-15-19-8-10-20(11-9-19)16-27-13-4-3-5-14-27;/h8-11,17H,3-7,12-16H2,1-2H3,(H2,23,24,25);1H. The molecule has 160 valence electrons. The molecule has 3 rings (SSSR count). The van der Waals surface area contributed by atoms with Crippen LogP contribution in [-0.2, 0) is 19.5 Å². The zero-order chi connectivity index (χ0) is 19.6. The third kappa shape index (κ3) is 8.60. The van der Waals surface area contributed by atoms with Crippen LogP contribution in [0.15, 0.2) is 34.6 Å². The minimum Gasteiger partial charge on any atom is -0.356 e. The first-order chi connectivity index (χ1) is 13.7. The molecule has 29 heavy (non-hydrogen) atoms. The lowest BCUT2D eigenvalue weighted by Crippen LogP contribution is -2.37. The van der Waals surface area contributed by atoms with Crippen molar-refractivity contribution in [2.45, 2.75) is 52.1 Å². The van der Waals surface area contributed by atoms with E-state index in [0.29, 0.717) is 0 Å². The highest BCUT2D eigenvalue weighted by Gasteiger charge is 2.10. The molecule has 5 nitrogen and oxygen atoms in total. The van der Waals surface area contributed by atoms with Crippen LogP contribution in [-0.4, -0.2) is 42.5 Å². The summed E-state index contributed by atoms with van der Waals surface area (Å²) in [6, 6.07) is 8.98. The predicted molar refractivity (Wildman–Crippen MR) is 134 cm³/mol. The highest BCUT2D eigenvalue weighted by molar-refractivity contribution is 14.0. The van der Waals surface area contributed by atoms with Gasteiger partial charge in [-0.3, -0.25) is 9.89 Å². The Balaban J connectivity index is 0.00000300. The Labute approximate surface area is 196 Å². The van der Waals surface area contributed by atoms with E-state index in [1.807, 2.05) is 14.0 Å². The molecule has 0 radical (unpaired) electrons. The molecular weight excluding hydrogens is 493 g/mol. The molecule has 1 fully saturated rings. The van der Waals surface area contributed by atoms with Gasteiger partial charge in [0.15, 0.2) is 5.96 Å². The minimum absolute atomic E-state index is 0. The molecule has 2 aromatic rings. The predicted octanol–water partition coefficient (Wildman–Crippen LogP) is 4.35. The van der Waals surface area contributed by atoms with Gasteiger partial charge in [-0.15, -0.1) is 35.3 Å². The SMILES string of the molecule is CN=C(NCCCc1nc(C)cs1)NCc1ccc(CN2CCCCC2)cc1.I. The van der Waals surface area contributed by atoms with Crippen molar-refractivity contribution in [1.29, 1.82) is 0 Å². The van der Waals surface area contributed by atoms with Crippen LogP contribution in [0.4, 0.5) is 0 Å². The number of thiazole rings is 1. The van der Waals surface area contributed by atoms with Gasteiger partial charge < -0.3 is 10.6 Å². The van der Waals surface area contributed by atoms with E-state index in [1.165, 1.54) is 48.5 Å². The number of likely N-dealkylation sites (tertiary alicyclic amines) is 1. The summed E-state index contributed by atoms with van der Waals surface area (Å²) in [4.78, 5) is 11.4. The number of nitrogens with zero attached hydrogens (tertiary/aromatic N) is 3. The van der Waals surface area contributed by atoms with Crippen LogP contribution in [0.25, 0.3) is 0 Å². The van der Waals surface area contributed by atoms with Crippen LogP contribution in [0, 0.1) is 6.92 Å². The normalized spacial score (nSPS) is 15.0. The minimum atomic E-state index is 0. The van der Waals surface area contributed by atoms with Crippen LogP contribution in [0.5, 0.6) is 0 Å². The van der Waals surface area contributed by atoms with Crippen LogP contribution in [0.1, 0.15) is 47.5 Å². The molecule has 7 heteroatoms. The maximum absolute atomic E-state index is 4.51. The van der Waals surface area contributed by atoms with Gasteiger partial charge >= 0.3 is 0 Å². The molecule has 2 heterocycles. The van der Waals surface area contributed by atoms with Crippen LogP contribution < -0.4 is 10.6 Å². The van der Waals surface area contributed by atoms with Crippen molar-refractivity contribution in [3.05, 3.63) is 51.5 Å². The molecule has 0 atom stereocenters. The molecule has 1 aliphatic heterocycles. The average molecular weight is 528 g/mol. The first-order valence-electron chi connectivity index (χ1n) is 10.4. The van der Waals surface area contributed by atoms with Crippen molar-refractivity contribution in [3.63, 3.8) is 0 Å². The number of rotatable bonds is 8. The Morgan fingerprint density at radius 3 is 2.48 bits per heavy atom. The lowest BCUT2D eigenvalue weighted by Gasteiger charge is -2.26. The van der Waals surface area contributed by atoms with Crippen LogP contribution >= 0.6 is 35.3 Å². The summed E-state index contributed by atoms with van der Waals surface area (Å²) < 4.78 is 0. The van der Waals surface area contributed by atoms with Gasteiger partial charge in [-0.1, -0.05) is 30.7 Å². The van der Waals surface area contributed by atoms with Gasteiger partial charge in [-0.2, -0.15) is 0 Å². The van der Waals surface area contributed by atoms with Gasteiger partial charge in [-0.05, 0) is 50.4 Å². The first kappa shape index (κ1) is 24.1. The third-order valence-corrected chi connectivity index (χ3v) is 6.11. The Morgan fingerprint density at radius 1 is 1.10 bits per heavy atom. The van der Waals surface area contributed by atoms with E-state index in [2.05, 4.69) is 55.2 Å². The van der Waals surface area contributed by atoms with Gasteiger partial charge in [-0.25, -0.2) is 4.98 Å². The molecular formula is C22H34IN5S. The fourth-order valence-electron chi connectivity index (χ4n) is 3.51. The number of nitrogens with one attached hydrogen (secondary N) is 2. The Morgan fingerprint density at radius 2 is 1.83 bits per heavy atom. The second-order valence-electron chi connectivity index (χ2n) is 7.49. The zero-order valence-electron chi connectivity index (χ0n) is 17.6. The number of hydrogen-bond donors (Lipinski definition) is 2. The van der Waals surface area contributed by atoms with Crippen molar-refractivity contribution < 1.29 is 0 Å². The van der Waals surface area contributed by atoms with Gasteiger partial charge in [0, 0.05) is 44.2 Å². The van der Waals surface area contributed by atoms with Gasteiger partial charge in [0.1, 0.15) is 0 Å². The van der Waals surface area contributed by atoms with E-state index in [0.717, 1.165) is 44.1 Å². The monoisotopic (exact) mass is 527 g/mol. The third-order valence-electron chi connectivity index (χ3n) is 5.09. The van der Waals surface area contributed by atoms with Crippen molar-refractivity contribution >= 4 is 41.3 Å². The summed E-state index contributed by atoms with van der Waals surface area (Å²) in [6.45, 7) is 7.29. The second kappa shape index (κ2) is 13.2. The maximum atomic E-state index is 4.51. The number of hydrogen-bond acceptors (Lipinski definition) is 4. The van der Waals surface area contributed by atoms with Crippen LogP contribution in [0.2, 0.25) is 0 Å². The average Bonchev–Trinajstić information content (AvgIpc) is 3.14. The molecule has 0 saturated carbocycles. The largest absolute Gasteiger partial charge is 0.356 e. The lowest BCUT2D eigenvalue weighted by molar-refractivity contribution is 0.221. The van der Waals surface area contributed by atoms with E-state index in [4.69, 9.17) is 0 Å². The zero-order valence-corrected chi connectivity index (χ0v) is 20.8. The van der Waals surface area contributed by atoms with E-state index < -0.39 is 0 Å². The van der Waals surface area contributed by atoms with Crippen molar-refractivity contribution in [1.82, 2.24) is 20.5 Å².